The first-order valence-corrected chi connectivity index (χ1v) is 10.6. The lowest BCUT2D eigenvalue weighted by molar-refractivity contribution is -0.131. The molecule has 0 aromatic heterocycles. The second kappa shape index (κ2) is 9.65. The third kappa shape index (κ3) is 6.03. The van der Waals surface area contributed by atoms with Crippen molar-refractivity contribution in [1.29, 1.82) is 0 Å². The molecule has 1 saturated carbocycles. The summed E-state index contributed by atoms with van der Waals surface area (Å²) in [7, 11) is -2.61. The van der Waals surface area contributed by atoms with E-state index in [1.54, 1.807) is 0 Å². The molecule has 0 aliphatic heterocycles. The Morgan fingerprint density at radius 3 is 2.21 bits per heavy atom. The van der Waals surface area contributed by atoms with Crippen molar-refractivity contribution in [3.05, 3.63) is 24.3 Å². The van der Waals surface area contributed by atoms with Gasteiger partial charge in [0, 0.05) is 25.6 Å². The van der Waals surface area contributed by atoms with Crippen LogP contribution >= 0.6 is 0 Å². The summed E-state index contributed by atoms with van der Waals surface area (Å²) in [6.07, 6.45) is 4.70. The number of hydrogen-bond donors (Lipinski definition) is 3. The van der Waals surface area contributed by atoms with E-state index in [-0.39, 0.29) is 22.6 Å². The number of amides is 3. The Bertz CT molecular complexity index is 817. The van der Waals surface area contributed by atoms with E-state index < -0.39 is 22.5 Å². The van der Waals surface area contributed by atoms with Crippen LogP contribution in [0.15, 0.2) is 29.2 Å². The highest BCUT2D eigenvalue weighted by Gasteiger charge is 2.24. The highest BCUT2D eigenvalue weighted by atomic mass is 32.2. The van der Waals surface area contributed by atoms with E-state index in [0.717, 1.165) is 36.4 Å². The van der Waals surface area contributed by atoms with Gasteiger partial charge in [-0.3, -0.25) is 25.2 Å². The third-order valence-electron chi connectivity index (χ3n) is 4.55. The number of sulfonamides is 1. The van der Waals surface area contributed by atoms with E-state index >= 15 is 0 Å². The van der Waals surface area contributed by atoms with Crippen molar-refractivity contribution in [1.82, 2.24) is 15.2 Å². The van der Waals surface area contributed by atoms with Crippen LogP contribution in [0.5, 0.6) is 0 Å². The van der Waals surface area contributed by atoms with E-state index in [9.17, 15) is 22.8 Å². The van der Waals surface area contributed by atoms with Gasteiger partial charge in [0.2, 0.25) is 21.8 Å². The largest absolute Gasteiger partial charge is 0.326 e. The number of benzene rings is 1. The van der Waals surface area contributed by atoms with Crippen molar-refractivity contribution in [3.63, 3.8) is 0 Å². The minimum absolute atomic E-state index is 0.0110. The quantitative estimate of drug-likeness (QED) is 0.603. The van der Waals surface area contributed by atoms with Gasteiger partial charge in [-0.05, 0) is 37.1 Å². The second-order valence-electron chi connectivity index (χ2n) is 6.84. The molecule has 0 bridgehead atoms. The van der Waals surface area contributed by atoms with Gasteiger partial charge in [0.25, 0.3) is 5.91 Å². The molecular weight excluding hydrogens is 384 g/mol. The predicted molar refractivity (Wildman–Crippen MR) is 103 cm³/mol. The number of anilines is 1. The van der Waals surface area contributed by atoms with E-state index in [1.165, 1.54) is 38.2 Å². The van der Waals surface area contributed by atoms with Crippen molar-refractivity contribution in [2.45, 2.75) is 43.9 Å². The molecule has 0 unspecified atom stereocenters. The van der Waals surface area contributed by atoms with E-state index in [1.807, 2.05) is 0 Å². The van der Waals surface area contributed by atoms with Gasteiger partial charge in [-0.25, -0.2) is 8.42 Å². The first-order chi connectivity index (χ1) is 13.2. The van der Waals surface area contributed by atoms with E-state index in [4.69, 9.17) is 0 Å². The van der Waals surface area contributed by atoms with Crippen LogP contribution in [-0.2, 0) is 24.4 Å². The standard InChI is InChI=1S/C18H26N4O5S/c1-13(23)19-15-8-10-16(11-9-15)28(26,27)22(2)12-17(24)20-21-18(25)14-6-4-3-5-7-14/h8-11,14H,3-7,12H2,1-2H3,(H,19,23)(H,20,24)(H,21,25). The zero-order valence-corrected chi connectivity index (χ0v) is 16.8. The Morgan fingerprint density at radius 1 is 1.04 bits per heavy atom. The van der Waals surface area contributed by atoms with Crippen molar-refractivity contribution in [2.24, 2.45) is 5.92 Å². The van der Waals surface area contributed by atoms with Gasteiger partial charge in [0.1, 0.15) is 0 Å². The first kappa shape index (κ1) is 21.8. The van der Waals surface area contributed by atoms with Gasteiger partial charge >= 0.3 is 0 Å². The van der Waals surface area contributed by atoms with Crippen molar-refractivity contribution >= 4 is 33.4 Å². The molecule has 1 fully saturated rings. The molecule has 0 atom stereocenters. The topological polar surface area (TPSA) is 125 Å². The summed E-state index contributed by atoms with van der Waals surface area (Å²) in [6.45, 7) is 0.908. The number of nitrogens with zero attached hydrogens (tertiary/aromatic N) is 1. The van der Waals surface area contributed by atoms with E-state index in [2.05, 4.69) is 16.2 Å². The van der Waals surface area contributed by atoms with Gasteiger partial charge in [-0.2, -0.15) is 4.31 Å². The van der Waals surface area contributed by atoms with Gasteiger partial charge in [-0.15, -0.1) is 0 Å². The van der Waals surface area contributed by atoms with Crippen LogP contribution in [0.2, 0.25) is 0 Å². The molecule has 0 radical (unpaired) electrons. The summed E-state index contributed by atoms with van der Waals surface area (Å²) in [5.41, 5.74) is 5.12. The Morgan fingerprint density at radius 2 is 1.64 bits per heavy atom. The van der Waals surface area contributed by atoms with Crippen LogP contribution in [0.1, 0.15) is 39.0 Å². The van der Waals surface area contributed by atoms with Gasteiger partial charge < -0.3 is 5.32 Å². The summed E-state index contributed by atoms with van der Waals surface area (Å²) in [6, 6.07) is 5.62. The maximum absolute atomic E-state index is 12.6. The SMILES string of the molecule is CC(=O)Nc1ccc(S(=O)(=O)N(C)CC(=O)NNC(=O)C2CCCCC2)cc1. The predicted octanol–water partition coefficient (Wildman–Crippen LogP) is 0.993. The highest BCUT2D eigenvalue weighted by molar-refractivity contribution is 7.89. The average Bonchev–Trinajstić information content (AvgIpc) is 2.66. The molecule has 1 aliphatic carbocycles. The molecule has 10 heteroatoms. The normalized spacial score (nSPS) is 15.1. The number of rotatable bonds is 6. The minimum Gasteiger partial charge on any atom is -0.326 e. The molecule has 3 N–H and O–H groups in total. The van der Waals surface area contributed by atoms with Crippen LogP contribution in [-0.4, -0.2) is 44.0 Å². The van der Waals surface area contributed by atoms with Gasteiger partial charge in [0.05, 0.1) is 11.4 Å². The minimum atomic E-state index is -3.89. The fourth-order valence-electron chi connectivity index (χ4n) is 3.02. The molecule has 2 rings (SSSR count). The molecule has 1 aromatic carbocycles. The lowest BCUT2D eigenvalue weighted by Crippen LogP contribution is -2.48. The zero-order chi connectivity index (χ0) is 20.7. The monoisotopic (exact) mass is 410 g/mol. The molecule has 9 nitrogen and oxygen atoms in total. The molecule has 154 valence electrons. The zero-order valence-electron chi connectivity index (χ0n) is 16.0. The lowest BCUT2D eigenvalue weighted by atomic mass is 9.89. The maximum Gasteiger partial charge on any atom is 0.253 e. The van der Waals surface area contributed by atoms with Gasteiger partial charge in [0.15, 0.2) is 0 Å². The number of hydrogen-bond acceptors (Lipinski definition) is 5. The van der Waals surface area contributed by atoms with Crippen molar-refractivity contribution in [2.75, 3.05) is 18.9 Å². The number of likely N-dealkylation sites (N-methyl/N-ethyl adjacent to an activating group) is 1. The smallest absolute Gasteiger partial charge is 0.253 e. The average molecular weight is 410 g/mol. The van der Waals surface area contributed by atoms with Gasteiger partial charge in [-0.1, -0.05) is 19.3 Å². The highest BCUT2D eigenvalue weighted by Crippen LogP contribution is 2.23. The molecule has 0 heterocycles. The second-order valence-corrected chi connectivity index (χ2v) is 8.88. The van der Waals surface area contributed by atoms with Crippen LogP contribution in [0.25, 0.3) is 0 Å². The maximum atomic E-state index is 12.6. The molecular formula is C18H26N4O5S. The fraction of sp³-hybridized carbons (Fsp3) is 0.500. The molecule has 1 aromatic rings. The molecule has 0 spiro atoms. The third-order valence-corrected chi connectivity index (χ3v) is 6.37. The summed E-state index contributed by atoms with van der Waals surface area (Å²) >= 11 is 0. The van der Waals surface area contributed by atoms with Crippen LogP contribution in [0.3, 0.4) is 0 Å². The van der Waals surface area contributed by atoms with Crippen LogP contribution < -0.4 is 16.2 Å². The summed E-state index contributed by atoms with van der Waals surface area (Å²) in [5, 5.41) is 2.55. The summed E-state index contributed by atoms with van der Waals surface area (Å²) in [4.78, 5) is 35.1. The van der Waals surface area contributed by atoms with Crippen molar-refractivity contribution < 1.29 is 22.8 Å². The lowest BCUT2D eigenvalue weighted by Gasteiger charge is -2.21. The molecule has 1 aliphatic rings. The van der Waals surface area contributed by atoms with Crippen LogP contribution in [0.4, 0.5) is 5.69 Å². The Kier molecular flexibility index (Phi) is 7.53. The number of nitrogens with one attached hydrogen (secondary N) is 3. The van der Waals surface area contributed by atoms with Crippen LogP contribution in [0, 0.1) is 5.92 Å². The van der Waals surface area contributed by atoms with Crippen molar-refractivity contribution in [3.8, 4) is 0 Å². The molecule has 0 saturated heterocycles. The fourth-order valence-corrected chi connectivity index (χ4v) is 4.15. The Labute approximate surface area is 164 Å². The number of carbonyl (C=O) groups is 3. The summed E-state index contributed by atoms with van der Waals surface area (Å²) < 4.78 is 26.0. The Hall–Kier alpha value is -2.46. The summed E-state index contributed by atoms with van der Waals surface area (Å²) in [5.74, 6) is -1.26. The molecule has 28 heavy (non-hydrogen) atoms. The number of hydrazine groups is 1. The molecule has 3 amide bonds. The number of carbonyl (C=O) groups excluding carboxylic acids is 3. The Balaban J connectivity index is 1.89. The van der Waals surface area contributed by atoms with E-state index in [0.29, 0.717) is 5.69 Å². The first-order valence-electron chi connectivity index (χ1n) is 9.13.